The van der Waals surface area contributed by atoms with Crippen LogP contribution in [0.1, 0.15) is 13.3 Å². The van der Waals surface area contributed by atoms with E-state index in [0.29, 0.717) is 32.1 Å². The van der Waals surface area contributed by atoms with Gasteiger partial charge >= 0.3 is 0 Å². The first kappa shape index (κ1) is 15.0. The summed E-state index contributed by atoms with van der Waals surface area (Å²) in [4.78, 5) is 10.7. The summed E-state index contributed by atoms with van der Waals surface area (Å²) in [6.07, 6.45) is 3.99. The molecule has 112 valence electrons. The van der Waals surface area contributed by atoms with Gasteiger partial charge in [0.15, 0.2) is 0 Å². The topological polar surface area (TPSA) is 78.4 Å². The summed E-state index contributed by atoms with van der Waals surface area (Å²) in [6.45, 7) is 5.22. The molecule has 7 nitrogen and oxygen atoms in total. The second-order valence-electron chi connectivity index (χ2n) is 4.81. The highest BCUT2D eigenvalue weighted by atomic mass is 32.2. The zero-order valence-electron chi connectivity index (χ0n) is 11.9. The van der Waals surface area contributed by atoms with E-state index in [-0.39, 0.29) is 0 Å². The third kappa shape index (κ3) is 3.80. The summed E-state index contributed by atoms with van der Waals surface area (Å²) >= 11 is 0. The maximum atomic E-state index is 11.5. The van der Waals surface area contributed by atoms with E-state index in [0.717, 1.165) is 18.8 Å². The van der Waals surface area contributed by atoms with Gasteiger partial charge in [0.2, 0.25) is 16.0 Å². The molecule has 0 bridgehead atoms. The molecule has 0 atom stereocenters. The molecule has 0 saturated carbocycles. The molecule has 20 heavy (non-hydrogen) atoms. The van der Waals surface area contributed by atoms with Gasteiger partial charge in [0, 0.05) is 38.9 Å². The number of nitrogens with one attached hydrogen (secondary N) is 1. The minimum atomic E-state index is -3.09. The molecule has 0 amide bonds. The van der Waals surface area contributed by atoms with Crippen molar-refractivity contribution in [3.05, 3.63) is 12.3 Å². The van der Waals surface area contributed by atoms with Crippen LogP contribution in [-0.2, 0) is 10.0 Å². The van der Waals surface area contributed by atoms with Gasteiger partial charge in [-0.05, 0) is 12.5 Å². The predicted octanol–water partition coefficient (Wildman–Crippen LogP) is 0.380. The number of sulfonamides is 1. The molecule has 2 rings (SSSR count). The van der Waals surface area contributed by atoms with Gasteiger partial charge in [-0.1, -0.05) is 6.92 Å². The molecule has 1 aromatic rings. The van der Waals surface area contributed by atoms with Crippen molar-refractivity contribution in [2.45, 2.75) is 13.3 Å². The van der Waals surface area contributed by atoms with Gasteiger partial charge in [-0.25, -0.2) is 13.4 Å². The number of rotatable bonds is 5. The molecule has 8 heteroatoms. The zero-order valence-corrected chi connectivity index (χ0v) is 12.7. The van der Waals surface area contributed by atoms with Crippen molar-refractivity contribution in [2.75, 3.05) is 49.2 Å². The van der Waals surface area contributed by atoms with Crippen molar-refractivity contribution in [3.8, 4) is 0 Å². The van der Waals surface area contributed by atoms with Gasteiger partial charge in [0.05, 0.1) is 6.26 Å². The van der Waals surface area contributed by atoms with E-state index in [2.05, 4.69) is 27.1 Å². The van der Waals surface area contributed by atoms with E-state index in [4.69, 9.17) is 0 Å². The molecule has 0 spiro atoms. The van der Waals surface area contributed by atoms with Crippen molar-refractivity contribution in [1.29, 1.82) is 0 Å². The van der Waals surface area contributed by atoms with Gasteiger partial charge in [0.1, 0.15) is 5.82 Å². The normalized spacial score (nSPS) is 17.2. The number of piperazine rings is 1. The lowest BCUT2D eigenvalue weighted by molar-refractivity contribution is 0.387. The second kappa shape index (κ2) is 6.36. The Morgan fingerprint density at radius 3 is 2.60 bits per heavy atom. The first-order chi connectivity index (χ1) is 9.50. The molecule has 2 heterocycles. The minimum absolute atomic E-state index is 0.501. The van der Waals surface area contributed by atoms with Gasteiger partial charge < -0.3 is 10.2 Å². The molecule has 0 radical (unpaired) electrons. The Hall–Kier alpha value is -1.41. The number of hydrogen-bond acceptors (Lipinski definition) is 6. The fraction of sp³-hybridized carbons (Fsp3) is 0.667. The van der Waals surface area contributed by atoms with Crippen molar-refractivity contribution in [3.63, 3.8) is 0 Å². The van der Waals surface area contributed by atoms with Crippen LogP contribution in [0.3, 0.4) is 0 Å². The molecule has 1 fully saturated rings. The zero-order chi connectivity index (χ0) is 14.6. The largest absolute Gasteiger partial charge is 0.354 e. The molecule has 0 unspecified atom stereocenters. The fourth-order valence-corrected chi connectivity index (χ4v) is 2.92. The van der Waals surface area contributed by atoms with E-state index in [9.17, 15) is 8.42 Å². The molecule has 1 aliphatic heterocycles. The Kier molecular flexibility index (Phi) is 4.77. The highest BCUT2D eigenvalue weighted by Crippen LogP contribution is 2.15. The Bertz CT molecular complexity index is 541. The van der Waals surface area contributed by atoms with Crippen LogP contribution in [0.15, 0.2) is 12.3 Å². The Balaban J connectivity index is 2.00. The van der Waals surface area contributed by atoms with Crippen LogP contribution in [-0.4, -0.2) is 61.7 Å². The quantitative estimate of drug-likeness (QED) is 0.847. The monoisotopic (exact) mass is 299 g/mol. The summed E-state index contributed by atoms with van der Waals surface area (Å²) in [5.74, 6) is 1.46. The van der Waals surface area contributed by atoms with Crippen LogP contribution < -0.4 is 10.2 Å². The average Bonchev–Trinajstić information content (AvgIpc) is 2.45. The van der Waals surface area contributed by atoms with Crippen LogP contribution in [0.4, 0.5) is 11.8 Å². The molecule has 0 aliphatic carbocycles. The molecule has 0 aromatic carbocycles. The predicted molar refractivity (Wildman–Crippen MR) is 79.4 cm³/mol. The van der Waals surface area contributed by atoms with Gasteiger partial charge in [-0.2, -0.15) is 9.29 Å². The van der Waals surface area contributed by atoms with Crippen LogP contribution >= 0.6 is 0 Å². The van der Waals surface area contributed by atoms with E-state index >= 15 is 0 Å². The standard InChI is InChI=1S/C12H21N5O2S/c1-3-5-13-12-14-6-4-11(15-12)16-7-9-17(10-8-16)20(2,18)19/h4,6H,3,5,7-10H2,1-2H3,(H,13,14,15). The van der Waals surface area contributed by atoms with Crippen molar-refractivity contribution < 1.29 is 8.42 Å². The van der Waals surface area contributed by atoms with E-state index < -0.39 is 10.0 Å². The molecule has 1 saturated heterocycles. The lowest BCUT2D eigenvalue weighted by Gasteiger charge is -2.33. The number of hydrogen-bond donors (Lipinski definition) is 1. The van der Waals surface area contributed by atoms with Crippen molar-refractivity contribution >= 4 is 21.8 Å². The average molecular weight is 299 g/mol. The molecule has 1 aromatic heterocycles. The van der Waals surface area contributed by atoms with Crippen molar-refractivity contribution in [2.24, 2.45) is 0 Å². The number of aromatic nitrogens is 2. The third-order valence-electron chi connectivity index (χ3n) is 3.21. The highest BCUT2D eigenvalue weighted by molar-refractivity contribution is 7.88. The fourth-order valence-electron chi connectivity index (χ4n) is 2.10. The van der Waals surface area contributed by atoms with Crippen LogP contribution in [0.2, 0.25) is 0 Å². The van der Waals surface area contributed by atoms with E-state index in [1.54, 1.807) is 6.20 Å². The van der Waals surface area contributed by atoms with Crippen molar-refractivity contribution in [1.82, 2.24) is 14.3 Å². The molecular weight excluding hydrogens is 278 g/mol. The first-order valence-electron chi connectivity index (χ1n) is 6.77. The summed E-state index contributed by atoms with van der Waals surface area (Å²) in [5, 5.41) is 3.15. The van der Waals surface area contributed by atoms with E-state index in [1.807, 2.05) is 6.07 Å². The number of nitrogens with zero attached hydrogens (tertiary/aromatic N) is 4. The highest BCUT2D eigenvalue weighted by Gasteiger charge is 2.24. The minimum Gasteiger partial charge on any atom is -0.354 e. The summed E-state index contributed by atoms with van der Waals surface area (Å²) in [6, 6.07) is 1.85. The number of anilines is 2. The lowest BCUT2D eigenvalue weighted by atomic mass is 10.3. The van der Waals surface area contributed by atoms with Gasteiger partial charge in [-0.3, -0.25) is 0 Å². The maximum absolute atomic E-state index is 11.5. The smallest absolute Gasteiger partial charge is 0.224 e. The molecular formula is C12H21N5O2S. The Morgan fingerprint density at radius 2 is 2.00 bits per heavy atom. The van der Waals surface area contributed by atoms with Crippen LogP contribution in [0.5, 0.6) is 0 Å². The molecule has 1 N–H and O–H groups in total. The van der Waals surface area contributed by atoms with Crippen LogP contribution in [0, 0.1) is 0 Å². The summed E-state index contributed by atoms with van der Waals surface area (Å²) in [5.41, 5.74) is 0. The Morgan fingerprint density at radius 1 is 1.30 bits per heavy atom. The van der Waals surface area contributed by atoms with E-state index in [1.165, 1.54) is 10.6 Å². The van der Waals surface area contributed by atoms with Gasteiger partial charge in [0.25, 0.3) is 0 Å². The third-order valence-corrected chi connectivity index (χ3v) is 4.51. The summed E-state index contributed by atoms with van der Waals surface area (Å²) < 4.78 is 24.4. The first-order valence-corrected chi connectivity index (χ1v) is 8.62. The molecule has 1 aliphatic rings. The Labute approximate surface area is 120 Å². The lowest BCUT2D eigenvalue weighted by Crippen LogP contribution is -2.48. The second-order valence-corrected chi connectivity index (χ2v) is 6.80. The maximum Gasteiger partial charge on any atom is 0.224 e. The van der Waals surface area contributed by atoms with Crippen LogP contribution in [0.25, 0.3) is 0 Å². The van der Waals surface area contributed by atoms with Gasteiger partial charge in [-0.15, -0.1) is 0 Å². The SMILES string of the molecule is CCCNc1nccc(N2CCN(S(C)(=O)=O)CC2)n1. The summed E-state index contributed by atoms with van der Waals surface area (Å²) in [7, 11) is -3.09.